The number of benzene rings is 1. The molecule has 0 amide bonds. The summed E-state index contributed by atoms with van der Waals surface area (Å²) >= 11 is 0. The van der Waals surface area contributed by atoms with Crippen molar-refractivity contribution in [3.05, 3.63) is 23.3 Å². The minimum absolute atomic E-state index is 0.175. The Morgan fingerprint density at radius 3 is 1.60 bits per heavy atom. The number of carbonyl (C=O) groups is 1. The van der Waals surface area contributed by atoms with E-state index in [1.165, 1.54) is 0 Å². The van der Waals surface area contributed by atoms with Crippen molar-refractivity contribution in [1.29, 1.82) is 0 Å². The number of rotatable bonds is 8. The van der Waals surface area contributed by atoms with Gasteiger partial charge in [-0.15, -0.1) is 0 Å². The van der Waals surface area contributed by atoms with Crippen LogP contribution in [0.5, 0.6) is 11.5 Å². The standard InChI is InChI=1S/C19H28N2O22/c20-18(37,38)42-9-2-6-5(1-10(9)43-19(39,40)41)11(23)3-8(22)7(4-21(11)15(29,30)13(6,26)27)12(24,25)14(28,16(31,32)33)17(34,35)36/h1-2,7,23-41H,3-4,20H2. The van der Waals surface area contributed by atoms with Gasteiger partial charge in [-0.25, -0.2) is 10.6 Å². The highest BCUT2D eigenvalue weighted by Gasteiger charge is 2.78. The van der Waals surface area contributed by atoms with Crippen molar-refractivity contribution < 1.29 is 111 Å². The van der Waals surface area contributed by atoms with Gasteiger partial charge in [-0.3, -0.25) is 4.79 Å². The second-order valence-electron chi connectivity index (χ2n) is 9.92. The van der Waals surface area contributed by atoms with Crippen molar-refractivity contribution in [3.8, 4) is 11.5 Å². The van der Waals surface area contributed by atoms with E-state index >= 15 is 0 Å². The van der Waals surface area contributed by atoms with Gasteiger partial charge in [-0.1, -0.05) is 0 Å². The molecule has 24 nitrogen and oxygen atoms in total. The van der Waals surface area contributed by atoms with Gasteiger partial charge in [0.25, 0.3) is 17.3 Å². The number of piperidine rings is 1. The zero-order valence-corrected chi connectivity index (χ0v) is 20.9. The summed E-state index contributed by atoms with van der Waals surface area (Å²) in [6, 6.07) is 0.417. The number of carbonyl (C=O) groups excluding carboxylic acids is 1. The van der Waals surface area contributed by atoms with Crippen molar-refractivity contribution in [2.75, 3.05) is 6.54 Å². The van der Waals surface area contributed by atoms with Crippen LogP contribution < -0.4 is 15.2 Å². The molecule has 21 N–H and O–H groups in total. The molecule has 2 heterocycles. The van der Waals surface area contributed by atoms with Gasteiger partial charge >= 0.3 is 24.2 Å². The third-order valence-electron chi connectivity index (χ3n) is 6.85. The van der Waals surface area contributed by atoms with Gasteiger partial charge in [-0.2, -0.15) is 0 Å². The Bertz CT molecular complexity index is 1260. The van der Waals surface area contributed by atoms with E-state index in [0.717, 1.165) is 0 Å². The van der Waals surface area contributed by atoms with E-state index in [4.69, 9.17) is 5.73 Å². The van der Waals surface area contributed by atoms with Crippen molar-refractivity contribution in [1.82, 2.24) is 4.90 Å². The van der Waals surface area contributed by atoms with Crippen LogP contribution in [0.25, 0.3) is 0 Å². The van der Waals surface area contributed by atoms with Gasteiger partial charge in [0.2, 0.25) is 5.79 Å². The summed E-state index contributed by atoms with van der Waals surface area (Å²) in [4.78, 5) is 12.7. The van der Waals surface area contributed by atoms with Crippen LogP contribution in [0, 0.1) is 5.92 Å². The van der Waals surface area contributed by atoms with E-state index in [-0.39, 0.29) is 17.0 Å². The molecule has 2 atom stereocenters. The van der Waals surface area contributed by atoms with E-state index in [1.807, 2.05) is 0 Å². The van der Waals surface area contributed by atoms with Gasteiger partial charge in [0.15, 0.2) is 17.2 Å². The van der Waals surface area contributed by atoms with E-state index < -0.39 is 100 Å². The first-order valence-corrected chi connectivity index (χ1v) is 11.2. The molecule has 1 fully saturated rings. The maximum absolute atomic E-state index is 13.1. The third kappa shape index (κ3) is 5.33. The van der Waals surface area contributed by atoms with Crippen molar-refractivity contribution in [2.24, 2.45) is 11.7 Å². The molecule has 24 heteroatoms. The molecule has 0 aliphatic carbocycles. The fourth-order valence-electron chi connectivity index (χ4n) is 4.86. The molecule has 0 radical (unpaired) electrons. The number of nitrogens with zero attached hydrogens (tertiary/aromatic N) is 1. The summed E-state index contributed by atoms with van der Waals surface area (Å²) in [7, 11) is 0. The minimum atomic E-state index is -5.18. The molecule has 1 aromatic rings. The van der Waals surface area contributed by atoms with Crippen LogP contribution >= 0.6 is 0 Å². The maximum Gasteiger partial charge on any atom is 0.453 e. The van der Waals surface area contributed by atoms with Crippen LogP contribution in [0.3, 0.4) is 0 Å². The molecule has 0 bridgehead atoms. The lowest BCUT2D eigenvalue weighted by Crippen LogP contribution is -2.83. The number of nitrogens with two attached hydrogens (primary N) is 1. The average molecular weight is 636 g/mol. The Morgan fingerprint density at radius 1 is 0.744 bits per heavy atom. The molecule has 1 aromatic carbocycles. The highest BCUT2D eigenvalue weighted by molar-refractivity contribution is 5.85. The average Bonchev–Trinajstić information content (AvgIpc) is 2.74. The zero-order valence-electron chi connectivity index (χ0n) is 20.9. The minimum Gasteiger partial charge on any atom is -0.423 e. The Hall–Kier alpha value is -2.35. The predicted molar refractivity (Wildman–Crippen MR) is 116 cm³/mol. The summed E-state index contributed by atoms with van der Waals surface area (Å²) in [6.45, 7) is -1.91. The van der Waals surface area contributed by atoms with Crippen molar-refractivity contribution in [2.45, 2.75) is 59.4 Å². The summed E-state index contributed by atoms with van der Waals surface area (Å²) in [5.41, 5.74) is -6.16. The van der Waals surface area contributed by atoms with Crippen LogP contribution in [0.15, 0.2) is 12.1 Å². The van der Waals surface area contributed by atoms with Gasteiger partial charge in [-0.05, 0) is 12.1 Å². The maximum atomic E-state index is 13.1. The molecule has 246 valence electrons. The quantitative estimate of drug-likeness (QED) is 0.118. The van der Waals surface area contributed by atoms with Crippen LogP contribution in [0.4, 0.5) is 0 Å². The fourth-order valence-corrected chi connectivity index (χ4v) is 4.86. The number of ether oxygens (including phenoxy) is 2. The van der Waals surface area contributed by atoms with Gasteiger partial charge in [0.05, 0.1) is 12.3 Å². The first-order chi connectivity index (χ1) is 18.8. The van der Waals surface area contributed by atoms with Gasteiger partial charge in [0, 0.05) is 17.7 Å². The number of ketones is 1. The normalized spacial score (nSPS) is 25.2. The van der Waals surface area contributed by atoms with Crippen LogP contribution in [0.1, 0.15) is 17.5 Å². The van der Waals surface area contributed by atoms with Crippen molar-refractivity contribution >= 4 is 5.78 Å². The summed E-state index contributed by atoms with van der Waals surface area (Å²) in [5, 5.41) is 189. The lowest BCUT2D eigenvalue weighted by atomic mass is 9.70. The topological polar surface area (TPSA) is 449 Å². The number of hydrogen-bond acceptors (Lipinski definition) is 24. The molecule has 2 aliphatic rings. The SMILES string of the molecule is NC(O)(O)Oc1cc2c(cc1OC(O)(O)O)C1(O)CC(=O)C(C(O)(O)C(O)(C(O)(O)O)C(O)(O)O)CN1C(O)(O)C2(O)O. The molecule has 0 aromatic heterocycles. The van der Waals surface area contributed by atoms with Crippen LogP contribution in [-0.2, 0) is 16.3 Å². The van der Waals surface area contributed by atoms with Crippen LogP contribution in [-0.4, -0.2) is 156 Å². The van der Waals surface area contributed by atoms with E-state index in [0.29, 0.717) is 0 Å². The highest BCUT2D eigenvalue weighted by Crippen LogP contribution is 2.55. The molecule has 0 saturated carbocycles. The number of Topliss-reactive ketones (excluding diaryl/α,β-unsaturated/α-hetero) is 1. The molecule has 2 aliphatic heterocycles. The van der Waals surface area contributed by atoms with Crippen LogP contribution in [0.2, 0.25) is 0 Å². The second kappa shape index (κ2) is 9.58. The summed E-state index contributed by atoms with van der Waals surface area (Å²) < 4.78 is 8.70. The first kappa shape index (κ1) is 35.1. The third-order valence-corrected chi connectivity index (χ3v) is 6.85. The van der Waals surface area contributed by atoms with Crippen molar-refractivity contribution in [3.63, 3.8) is 0 Å². The number of fused-ring (bicyclic) bond motifs is 3. The molecule has 1 saturated heterocycles. The molecule has 0 spiro atoms. The first-order valence-electron chi connectivity index (χ1n) is 11.2. The monoisotopic (exact) mass is 636 g/mol. The second-order valence-corrected chi connectivity index (χ2v) is 9.92. The molecule has 2 unspecified atom stereocenters. The Kier molecular flexibility index (Phi) is 7.82. The lowest BCUT2D eigenvalue weighted by molar-refractivity contribution is -0.547. The Labute approximate surface area is 235 Å². The highest BCUT2D eigenvalue weighted by atomic mass is 16.9. The fraction of sp³-hybridized carbons (Fsp3) is 0.632. The van der Waals surface area contributed by atoms with Gasteiger partial charge in [0.1, 0.15) is 5.78 Å². The Balaban J connectivity index is 2.31. The largest absolute Gasteiger partial charge is 0.453 e. The smallest absolute Gasteiger partial charge is 0.423 e. The predicted octanol–water partition coefficient (Wildman–Crippen LogP) is -11.9. The van der Waals surface area contributed by atoms with E-state index in [9.17, 15) is 102 Å². The van der Waals surface area contributed by atoms with E-state index in [2.05, 4.69) is 9.47 Å². The van der Waals surface area contributed by atoms with E-state index in [1.54, 1.807) is 0 Å². The zero-order chi connectivity index (χ0) is 33.8. The molecular formula is C19H28N2O22. The summed E-state index contributed by atoms with van der Waals surface area (Å²) in [5.74, 6) is -31.1. The number of hydrogen-bond donors (Lipinski definition) is 20. The molecule has 3 rings (SSSR count). The Morgan fingerprint density at radius 2 is 1.19 bits per heavy atom. The molecule has 43 heavy (non-hydrogen) atoms. The lowest BCUT2D eigenvalue weighted by Gasteiger charge is -2.59. The summed E-state index contributed by atoms with van der Waals surface area (Å²) in [6.07, 6.45) is -9.55. The molecular weight excluding hydrogens is 608 g/mol. The number of aliphatic hydroxyl groups is 19. The van der Waals surface area contributed by atoms with Gasteiger partial charge < -0.3 is 106 Å².